The summed E-state index contributed by atoms with van der Waals surface area (Å²) in [5, 5.41) is 3.18. The van der Waals surface area contributed by atoms with Crippen molar-refractivity contribution in [2.45, 2.75) is 23.8 Å². The van der Waals surface area contributed by atoms with E-state index in [1.54, 1.807) is 0 Å². The highest BCUT2D eigenvalue weighted by Crippen LogP contribution is 2.14. The minimum absolute atomic E-state index is 0. The number of aromatic nitrogens is 3. The third-order valence-corrected chi connectivity index (χ3v) is 5.35. The van der Waals surface area contributed by atoms with Crippen LogP contribution in [-0.2, 0) is 17.1 Å². The van der Waals surface area contributed by atoms with Crippen LogP contribution in [-0.4, -0.2) is 42.1 Å². The first-order chi connectivity index (χ1) is 10.9. The van der Waals surface area contributed by atoms with Gasteiger partial charge in [-0.25, -0.2) is 22.9 Å². The lowest BCUT2D eigenvalue weighted by molar-refractivity contribution is 0.428. The van der Waals surface area contributed by atoms with Gasteiger partial charge >= 0.3 is 5.69 Å². The number of sulfonamides is 1. The second kappa shape index (κ2) is 7.01. The molecule has 11 heteroatoms. The molecule has 24 heavy (non-hydrogen) atoms. The maximum atomic E-state index is 12.4. The van der Waals surface area contributed by atoms with Gasteiger partial charge in [-0.15, -0.1) is 12.4 Å². The third-order valence-electron chi connectivity index (χ3n) is 3.86. The van der Waals surface area contributed by atoms with Crippen LogP contribution >= 0.6 is 12.4 Å². The normalized spacial score (nSPS) is 18.3. The third kappa shape index (κ3) is 3.51. The lowest BCUT2D eigenvalue weighted by Gasteiger charge is -2.23. The van der Waals surface area contributed by atoms with Gasteiger partial charge in [0.2, 0.25) is 10.0 Å². The zero-order valence-corrected chi connectivity index (χ0v) is 14.5. The summed E-state index contributed by atoms with van der Waals surface area (Å²) in [7, 11) is -2.33. The van der Waals surface area contributed by atoms with E-state index in [1.165, 1.54) is 13.1 Å². The predicted octanol–water partition coefficient (Wildman–Crippen LogP) is -0.926. The molecule has 0 bridgehead atoms. The molecular formula is C13H18ClN5O4S. The number of rotatable bonds is 3. The molecule has 9 nitrogen and oxygen atoms in total. The molecule has 0 saturated carbocycles. The Labute approximate surface area is 144 Å². The van der Waals surface area contributed by atoms with Crippen LogP contribution in [0.5, 0.6) is 0 Å². The lowest BCUT2D eigenvalue weighted by atomic mass is 10.1. The first-order valence-electron chi connectivity index (χ1n) is 7.20. The molecule has 1 saturated heterocycles. The number of aromatic amines is 1. The summed E-state index contributed by atoms with van der Waals surface area (Å²) in [6.45, 7) is 1.44. The van der Waals surface area contributed by atoms with Crippen LogP contribution in [0, 0.1) is 0 Å². The number of fused-ring (bicyclic) bond motifs is 1. The van der Waals surface area contributed by atoms with Crippen molar-refractivity contribution in [3.63, 3.8) is 0 Å². The number of nitrogens with zero attached hydrogens (tertiary/aromatic N) is 2. The highest BCUT2D eigenvalue weighted by molar-refractivity contribution is 7.89. The Balaban J connectivity index is 0.00000208. The van der Waals surface area contributed by atoms with Gasteiger partial charge in [0.25, 0.3) is 5.56 Å². The SMILES string of the molecule is Cl.Cn1c(=O)[nH]c(=O)c2cc(S(=O)(=O)NC3CCCNC3)cnc21. The summed E-state index contributed by atoms with van der Waals surface area (Å²) >= 11 is 0. The summed E-state index contributed by atoms with van der Waals surface area (Å²) in [5.41, 5.74) is -1.12. The van der Waals surface area contributed by atoms with E-state index in [2.05, 4.69) is 20.0 Å². The van der Waals surface area contributed by atoms with Crippen molar-refractivity contribution in [1.82, 2.24) is 24.6 Å². The number of piperidine rings is 1. The van der Waals surface area contributed by atoms with E-state index in [1.807, 2.05) is 0 Å². The minimum atomic E-state index is -3.78. The fourth-order valence-corrected chi connectivity index (χ4v) is 3.84. The van der Waals surface area contributed by atoms with Crippen LogP contribution in [0.4, 0.5) is 0 Å². The molecule has 132 valence electrons. The van der Waals surface area contributed by atoms with E-state index in [9.17, 15) is 18.0 Å². The van der Waals surface area contributed by atoms with Gasteiger partial charge in [0.05, 0.1) is 5.39 Å². The maximum absolute atomic E-state index is 12.4. The molecule has 2 aromatic heterocycles. The topological polar surface area (TPSA) is 126 Å². The zero-order valence-electron chi connectivity index (χ0n) is 12.9. The maximum Gasteiger partial charge on any atom is 0.329 e. The van der Waals surface area contributed by atoms with Crippen LogP contribution in [0.1, 0.15) is 12.8 Å². The number of nitrogens with one attached hydrogen (secondary N) is 3. The average Bonchev–Trinajstić information content (AvgIpc) is 2.53. The van der Waals surface area contributed by atoms with Gasteiger partial charge in [0.1, 0.15) is 10.5 Å². The van der Waals surface area contributed by atoms with Crippen molar-refractivity contribution in [2.24, 2.45) is 7.05 Å². The molecule has 1 aliphatic heterocycles. The van der Waals surface area contributed by atoms with Crippen molar-refractivity contribution < 1.29 is 8.42 Å². The van der Waals surface area contributed by atoms with Gasteiger partial charge in [0.15, 0.2) is 0 Å². The van der Waals surface area contributed by atoms with E-state index < -0.39 is 21.3 Å². The van der Waals surface area contributed by atoms with Crippen LogP contribution < -0.4 is 21.3 Å². The summed E-state index contributed by atoms with van der Waals surface area (Å²) in [6, 6.07) is 1.04. The first kappa shape index (κ1) is 18.6. The molecule has 1 aliphatic rings. The Hall–Kier alpha value is -1.75. The highest BCUT2D eigenvalue weighted by Gasteiger charge is 2.23. The Morgan fingerprint density at radius 2 is 2.12 bits per heavy atom. The molecule has 0 amide bonds. The fourth-order valence-electron chi connectivity index (χ4n) is 2.60. The van der Waals surface area contributed by atoms with E-state index in [0.29, 0.717) is 6.54 Å². The molecule has 3 N–H and O–H groups in total. The highest BCUT2D eigenvalue weighted by atomic mass is 35.5. The molecule has 1 atom stereocenters. The molecule has 2 aromatic rings. The molecule has 3 rings (SSSR count). The van der Waals surface area contributed by atoms with Gasteiger partial charge in [0, 0.05) is 25.8 Å². The van der Waals surface area contributed by atoms with Crippen LogP contribution in [0.2, 0.25) is 0 Å². The molecule has 0 aromatic carbocycles. The summed E-state index contributed by atoms with van der Waals surface area (Å²) in [4.78, 5) is 29.4. The van der Waals surface area contributed by atoms with E-state index in [0.717, 1.165) is 30.2 Å². The first-order valence-corrected chi connectivity index (χ1v) is 8.69. The summed E-state index contributed by atoms with van der Waals surface area (Å²) in [5.74, 6) is 0. The van der Waals surface area contributed by atoms with Gasteiger partial charge in [-0.3, -0.25) is 14.3 Å². The van der Waals surface area contributed by atoms with Crippen molar-refractivity contribution >= 4 is 33.5 Å². The number of pyridine rings is 1. The number of halogens is 1. The van der Waals surface area contributed by atoms with Gasteiger partial charge in [-0.05, 0) is 25.5 Å². The van der Waals surface area contributed by atoms with Crippen molar-refractivity contribution in [1.29, 1.82) is 0 Å². The largest absolute Gasteiger partial charge is 0.329 e. The smallest absolute Gasteiger partial charge is 0.315 e. The molecule has 1 unspecified atom stereocenters. The monoisotopic (exact) mass is 375 g/mol. The van der Waals surface area contributed by atoms with Crippen LogP contribution in [0.3, 0.4) is 0 Å². The molecular weight excluding hydrogens is 358 g/mol. The number of aryl methyl sites for hydroxylation is 1. The zero-order chi connectivity index (χ0) is 16.6. The Kier molecular flexibility index (Phi) is 5.43. The number of hydrogen-bond acceptors (Lipinski definition) is 6. The van der Waals surface area contributed by atoms with Gasteiger partial charge in [-0.2, -0.15) is 0 Å². The van der Waals surface area contributed by atoms with E-state index in [4.69, 9.17) is 0 Å². The Morgan fingerprint density at radius 3 is 2.79 bits per heavy atom. The number of hydrogen-bond donors (Lipinski definition) is 3. The van der Waals surface area contributed by atoms with Crippen LogP contribution in [0.25, 0.3) is 11.0 Å². The average molecular weight is 376 g/mol. The van der Waals surface area contributed by atoms with Crippen molar-refractivity contribution in [3.8, 4) is 0 Å². The molecule has 1 fully saturated rings. The minimum Gasteiger partial charge on any atom is -0.315 e. The van der Waals surface area contributed by atoms with Gasteiger partial charge in [-0.1, -0.05) is 0 Å². The second-order valence-corrected chi connectivity index (χ2v) is 7.24. The molecule has 0 aliphatic carbocycles. The Bertz CT molecular complexity index is 962. The standard InChI is InChI=1S/C13H17N5O4S.ClH/c1-18-11-10(12(19)16-13(18)20)5-9(7-15-11)23(21,22)17-8-3-2-4-14-6-8;/h5,7-8,14,17H,2-4,6H2,1H3,(H,16,19,20);1H. The fraction of sp³-hybridized carbons (Fsp3) is 0.462. The summed E-state index contributed by atoms with van der Waals surface area (Å²) < 4.78 is 28.7. The van der Waals surface area contributed by atoms with Gasteiger partial charge < -0.3 is 5.32 Å². The number of H-pyrrole nitrogens is 1. The summed E-state index contributed by atoms with van der Waals surface area (Å²) in [6.07, 6.45) is 2.80. The predicted molar refractivity (Wildman–Crippen MR) is 91.1 cm³/mol. The van der Waals surface area contributed by atoms with Crippen molar-refractivity contribution in [3.05, 3.63) is 33.1 Å². The molecule has 0 spiro atoms. The van der Waals surface area contributed by atoms with E-state index in [-0.39, 0.29) is 34.4 Å². The lowest BCUT2D eigenvalue weighted by Crippen LogP contribution is -2.45. The quantitative estimate of drug-likeness (QED) is 0.636. The molecule has 0 radical (unpaired) electrons. The van der Waals surface area contributed by atoms with E-state index >= 15 is 0 Å². The van der Waals surface area contributed by atoms with Crippen molar-refractivity contribution in [2.75, 3.05) is 13.1 Å². The van der Waals surface area contributed by atoms with Crippen LogP contribution in [0.15, 0.2) is 26.7 Å². The molecule has 3 heterocycles. The Morgan fingerprint density at radius 1 is 1.38 bits per heavy atom. The second-order valence-electron chi connectivity index (χ2n) is 5.53.